The number of halogens is 1. The minimum atomic E-state index is -3.13. The number of aromatic hydroxyl groups is 1. The Bertz CT molecular complexity index is 9920. The molecule has 31 nitrogen and oxygen atoms in total. The van der Waals surface area contributed by atoms with Crippen LogP contribution >= 0.6 is 34.4 Å². The molecular weight excluding hydrogens is 1940 g/mol. The summed E-state index contributed by atoms with van der Waals surface area (Å²) in [5.74, 6) is 1.83. The van der Waals surface area contributed by atoms with Crippen LogP contribution in [0.15, 0.2) is 183 Å². The van der Waals surface area contributed by atoms with Gasteiger partial charge in [0.25, 0.3) is 0 Å². The van der Waals surface area contributed by atoms with Gasteiger partial charge in [-0.15, -0.1) is 0 Å². The van der Waals surface area contributed by atoms with Gasteiger partial charge in [-0.05, 0) is 312 Å². The van der Waals surface area contributed by atoms with Gasteiger partial charge in [-0.2, -0.15) is 57.7 Å². The third-order valence-electron chi connectivity index (χ3n) is 30.5. The number of phenols is 1. The molecule has 0 bridgehead atoms. The number of pyridine rings is 6. The fraction of sp³-hybridized carbons (Fsp3) is 0.212. The molecule has 736 valence electrons. The zero-order valence-electron chi connectivity index (χ0n) is 81.2. The maximum atomic E-state index is 14.5. The second-order valence-corrected chi connectivity index (χ2v) is 44.6. The second kappa shape index (κ2) is 36.7. The van der Waals surface area contributed by atoms with Crippen molar-refractivity contribution in [3.63, 3.8) is 0 Å². The quantitative estimate of drug-likeness (QED) is 0.0735. The van der Waals surface area contributed by atoms with Gasteiger partial charge in [0.1, 0.15) is 11.6 Å². The average Bonchev–Trinajstić information content (AvgIpc) is 1.32. The molecule has 0 saturated heterocycles. The summed E-state index contributed by atoms with van der Waals surface area (Å²) in [6.45, 7) is 6.02. The number of sulfone groups is 1. The summed E-state index contributed by atoms with van der Waals surface area (Å²) < 4.78 is 41.3. The Labute approximate surface area is 859 Å². The van der Waals surface area contributed by atoms with E-state index in [0.29, 0.717) is 33.6 Å². The third-order valence-corrected chi connectivity index (χ3v) is 34.7. The highest BCUT2D eigenvalue weighted by molar-refractivity contribution is 7.98. The van der Waals surface area contributed by atoms with Crippen LogP contribution in [0.1, 0.15) is 129 Å². The van der Waals surface area contributed by atoms with Gasteiger partial charge in [0.15, 0.2) is 20.1 Å². The van der Waals surface area contributed by atoms with E-state index in [1.807, 2.05) is 92.4 Å². The Kier molecular flexibility index (Phi) is 22.4. The van der Waals surface area contributed by atoms with Gasteiger partial charge in [0.05, 0.1) is 188 Å². The van der Waals surface area contributed by atoms with Crippen molar-refractivity contribution in [2.45, 2.75) is 141 Å². The van der Waals surface area contributed by atoms with Crippen molar-refractivity contribution in [3.8, 4) is 73.3 Å². The topological polar surface area (TPSA) is 468 Å². The molecule has 0 fully saturated rings. The maximum Gasteiger partial charge on any atom is 0.181 e. The number of nitrogens with zero attached hydrogens (tertiary/aromatic N) is 17. The molecule has 26 aromatic rings. The number of nitrogens with two attached hydrogens (primary N) is 2. The minimum absolute atomic E-state index is 0.0134. The van der Waals surface area contributed by atoms with Gasteiger partial charge in [0.2, 0.25) is 0 Å². The van der Waals surface area contributed by atoms with Crippen LogP contribution in [0.25, 0.3) is 219 Å². The molecule has 14 N–H and O–H groups in total. The molecule has 0 radical (unpaired) electrons. The van der Waals surface area contributed by atoms with Crippen molar-refractivity contribution in [1.29, 1.82) is 0 Å². The Balaban J connectivity index is 0.0000000882. The lowest BCUT2D eigenvalue weighted by atomic mass is 9.85. The lowest BCUT2D eigenvalue weighted by Crippen LogP contribution is -2.20. The summed E-state index contributed by atoms with van der Waals surface area (Å²) in [7, 11) is -3.13. The van der Waals surface area contributed by atoms with Crippen LogP contribution in [0.4, 0.5) is 14.7 Å². The van der Waals surface area contributed by atoms with Crippen molar-refractivity contribution >= 4 is 206 Å². The highest BCUT2D eigenvalue weighted by Gasteiger charge is 2.33. The van der Waals surface area contributed by atoms with Gasteiger partial charge in [-0.1, -0.05) is 34.8 Å². The molecule has 6 aliphatic rings. The van der Waals surface area contributed by atoms with E-state index in [0.717, 1.165) is 281 Å². The fourth-order valence-corrected chi connectivity index (χ4v) is 27.6. The molecule has 4 aliphatic carbocycles. The van der Waals surface area contributed by atoms with Gasteiger partial charge < -0.3 is 16.6 Å². The Morgan fingerprint density at radius 2 is 0.604 bits per heavy atom. The number of hydrogen-bond donors (Lipinski definition) is 12. The number of thiazole rings is 2. The number of aromatic amines is 9. The van der Waals surface area contributed by atoms with E-state index in [2.05, 4.69) is 194 Å². The highest BCUT2D eigenvalue weighted by atomic mass is 32.2. The van der Waals surface area contributed by atoms with E-state index < -0.39 is 15.7 Å². The minimum Gasteiger partial charge on any atom is -0.508 e. The molecule has 19 heterocycles. The molecule has 0 saturated carbocycles. The van der Waals surface area contributed by atoms with Gasteiger partial charge in [-0.3, -0.25) is 45.9 Å². The Morgan fingerprint density at radius 1 is 0.302 bits per heavy atom. The van der Waals surface area contributed by atoms with Gasteiger partial charge in [-0.25, -0.2) is 52.7 Å². The number of aromatic nitrogens is 26. The van der Waals surface area contributed by atoms with Crippen LogP contribution in [0.2, 0.25) is 0 Å². The van der Waals surface area contributed by atoms with Gasteiger partial charge >= 0.3 is 0 Å². The van der Waals surface area contributed by atoms with E-state index in [-0.39, 0.29) is 17.3 Å². The summed E-state index contributed by atoms with van der Waals surface area (Å²) in [5.41, 5.74) is 55.9. The summed E-state index contributed by atoms with van der Waals surface area (Å²) in [6, 6.07) is 41.5. The monoisotopic (exact) mass is 2040 g/mol. The first-order valence-electron chi connectivity index (χ1n) is 50.2. The number of thioether (sulfide) groups is 1. The van der Waals surface area contributed by atoms with Crippen molar-refractivity contribution < 1.29 is 17.9 Å². The number of phenolic OH excluding ortho intramolecular Hbond substituents is 1. The summed E-state index contributed by atoms with van der Waals surface area (Å²) >= 11 is 5.04. The predicted octanol–water partition coefficient (Wildman–Crippen LogP) is 23.4. The number of H-pyrrole nitrogens is 9. The zero-order chi connectivity index (χ0) is 100. The van der Waals surface area contributed by atoms with Crippen LogP contribution in [0.3, 0.4) is 0 Å². The first-order chi connectivity index (χ1) is 73.0. The number of hydrogen-bond acceptors (Lipinski definition) is 25. The molecule has 0 amide bonds. The van der Waals surface area contributed by atoms with E-state index >= 15 is 0 Å². The molecule has 0 spiro atoms. The molecule has 0 unspecified atom stereocenters. The molecule has 32 rings (SSSR count). The largest absolute Gasteiger partial charge is 0.508 e. The van der Waals surface area contributed by atoms with Gasteiger partial charge in [0, 0.05) is 127 Å². The van der Waals surface area contributed by atoms with Crippen LogP contribution < -0.4 is 11.5 Å². The predicted molar refractivity (Wildman–Crippen MR) is 591 cm³/mol. The molecular formula is C113H95FN28O3S4. The number of rotatable bonds is 6. The number of benzene rings is 9. The first-order valence-corrected chi connectivity index (χ1v) is 54.8. The van der Waals surface area contributed by atoms with Crippen molar-refractivity contribution in [1.82, 2.24) is 132 Å². The van der Waals surface area contributed by atoms with E-state index in [1.165, 1.54) is 154 Å². The van der Waals surface area contributed by atoms with Crippen molar-refractivity contribution in [3.05, 3.63) is 273 Å². The Morgan fingerprint density at radius 3 is 0.966 bits per heavy atom. The normalized spacial score (nSPS) is 14.6. The maximum absolute atomic E-state index is 14.5. The van der Waals surface area contributed by atoms with Crippen molar-refractivity contribution in [2.24, 2.45) is 0 Å². The van der Waals surface area contributed by atoms with E-state index in [9.17, 15) is 17.9 Å². The number of fused-ring (bicyclic) bond motifs is 32. The molecule has 17 aromatic heterocycles. The summed E-state index contributed by atoms with van der Waals surface area (Å²) in [4.78, 5) is 38.6. The highest BCUT2D eigenvalue weighted by Crippen LogP contribution is 2.48. The lowest BCUT2D eigenvalue weighted by Gasteiger charge is -2.22. The molecule has 149 heavy (non-hydrogen) atoms. The van der Waals surface area contributed by atoms with Crippen LogP contribution in [0, 0.1) is 26.6 Å². The van der Waals surface area contributed by atoms with Crippen LogP contribution in [-0.4, -0.2) is 157 Å². The molecule has 0 atom stereocenters. The number of nitrogen functional groups attached to an aromatic ring is 2. The second-order valence-electron chi connectivity index (χ2n) is 39.2. The van der Waals surface area contributed by atoms with Crippen LogP contribution in [0.5, 0.6) is 5.75 Å². The smallest absolute Gasteiger partial charge is 0.181 e. The van der Waals surface area contributed by atoms with E-state index in [4.69, 9.17) is 41.4 Å². The number of aryl methyl sites for hydroxylation is 9. The summed E-state index contributed by atoms with van der Waals surface area (Å²) in [6.07, 6.45) is 35.1. The molecule has 36 heteroatoms. The molecule has 9 aromatic carbocycles. The number of anilines is 2. The molecule has 2 aliphatic heterocycles. The lowest BCUT2D eigenvalue weighted by molar-refractivity contribution is 0.469. The number of nitrogens with one attached hydrogen (secondary N) is 9. The van der Waals surface area contributed by atoms with Crippen molar-refractivity contribution in [2.75, 3.05) is 23.0 Å². The summed E-state index contributed by atoms with van der Waals surface area (Å²) in [5, 5.41) is 89.6. The fourth-order valence-electron chi connectivity index (χ4n) is 23.6. The average molecular weight is 2040 g/mol. The van der Waals surface area contributed by atoms with E-state index in [1.54, 1.807) is 18.5 Å². The Hall–Kier alpha value is -16.7. The zero-order valence-corrected chi connectivity index (χ0v) is 84.5. The van der Waals surface area contributed by atoms with Crippen LogP contribution in [-0.2, 0) is 85.6 Å². The standard InChI is InChI=1S/C21H17N5S.C20H16FN3O.C20H15N5S.C18H17N5.C17H15N5O2S.C17H15N5S/c22-21-25-16-6-5-11(9-18(16)27-21)20-13-4-2-1-3-12(13)19-14-10-23-26-15(14)7-8-17(19)24-20;21-16-9-11(25)5-6-14(16)20-13-4-2-1-3-12(13)19-15-10-22-24-17(15)7-8-18(19)23-20;21-20-24-15-5-4-10(8-17(15)26-20)19-12-3-1-2-11(12)18-13-9-22-25-14(13)6-7-16(18)23-19;1-10-13(8-19-22-10)18-12-5-3-2-4-11(12)17-14-9-20-23-15(14)6-7-16(17)21-18;1-9-11(6-18-21-9)17-13-8-25(23,24)5-4-10(13)16-12-7-19-22-14(12)2-3-15(16)20-17;1-9-11(6-18-21-9)17-13-8-23-5-4-10(13)16-12-7-19-22-14(12)2-3-15(16)20-17/h5-10H,1-4H2,(H2,22,25)(H,23,26);5-10,25H,1-4H2,(H,22,24);4-9H,1-3H2,(H2,21,24)(H,22,25);6-9H,2-5H2,1H3,(H,19,22)(H,20,23);2-3,6-7H,4-5,8H2,1H3,(H,18,21)(H,19,22);2-3,6-7H,4-5,8H2,1H3,(H,18,21)(H,19,22). The first kappa shape index (κ1) is 91.0. The SMILES string of the molecule is Cc1[nH]ncc1-c1nc2ccc3[nH]ncc3c2c2c1CCCC2.Cc1[nH]ncc1-c1nc2ccc3[nH]ncc3c2c2c1CS(=O)(=O)CC2.Cc1[nH]ncc1-c1nc2ccc3[nH]ncc3c2c2c1CSCC2.Nc1nc2ccc(-c3nc4ccc5[nH]ncc5c4c4c3CCC4)cc2s1.Nc1nc2ccc(-c3nc4ccc5[nH]ncc5c4c4c3CCCC4)cc2s1.Oc1ccc(-c2nc3ccc4[nH]ncc4c3c3c2CCCC3)c(F)c1. The third kappa shape index (κ3) is 15.9.